The average Bonchev–Trinajstić information content (AvgIpc) is 3.10. The number of carboxylic acids is 1. The van der Waals surface area contributed by atoms with Crippen molar-refractivity contribution in [1.29, 1.82) is 0 Å². The van der Waals surface area contributed by atoms with Crippen LogP contribution in [0.4, 0.5) is 0 Å². The molecule has 0 aliphatic heterocycles. The number of nitrogens with zero attached hydrogens (tertiary/aromatic N) is 1. The molecule has 136 valence electrons. The number of furan rings is 1. The van der Waals surface area contributed by atoms with Crippen LogP contribution in [0.15, 0.2) is 64.1 Å². The normalized spacial score (nSPS) is 10.9. The van der Waals surface area contributed by atoms with Crippen molar-refractivity contribution >= 4 is 41.3 Å². The molecule has 1 amide bonds. The van der Waals surface area contributed by atoms with E-state index < -0.39 is 11.9 Å². The second-order valence-corrected chi connectivity index (χ2v) is 6.25. The number of aromatic carboxylic acids is 1. The van der Waals surface area contributed by atoms with Crippen molar-refractivity contribution in [2.24, 2.45) is 5.10 Å². The molecule has 27 heavy (non-hydrogen) atoms. The minimum Gasteiger partial charge on any atom is -0.478 e. The van der Waals surface area contributed by atoms with Crippen LogP contribution in [0.2, 0.25) is 10.0 Å². The zero-order valence-corrected chi connectivity index (χ0v) is 15.2. The van der Waals surface area contributed by atoms with Gasteiger partial charge in [0.15, 0.2) is 0 Å². The van der Waals surface area contributed by atoms with E-state index in [0.29, 0.717) is 27.7 Å². The molecule has 2 aromatic carbocycles. The molecular formula is C19H12Cl2N2O4. The van der Waals surface area contributed by atoms with E-state index in [4.69, 9.17) is 32.7 Å². The molecule has 0 saturated carbocycles. The average molecular weight is 403 g/mol. The summed E-state index contributed by atoms with van der Waals surface area (Å²) in [5, 5.41) is 13.6. The van der Waals surface area contributed by atoms with Crippen molar-refractivity contribution < 1.29 is 19.1 Å². The maximum Gasteiger partial charge on any atom is 0.337 e. The Morgan fingerprint density at radius 3 is 2.63 bits per heavy atom. The lowest BCUT2D eigenvalue weighted by Gasteiger charge is -2.02. The van der Waals surface area contributed by atoms with Crippen LogP contribution in [0.1, 0.15) is 26.5 Å². The number of halogens is 2. The fourth-order valence-corrected chi connectivity index (χ4v) is 2.66. The second kappa shape index (κ2) is 8.07. The third kappa shape index (κ3) is 4.55. The van der Waals surface area contributed by atoms with Gasteiger partial charge in [-0.05, 0) is 48.5 Å². The van der Waals surface area contributed by atoms with E-state index in [1.165, 1.54) is 24.4 Å². The number of hydrogen-bond donors (Lipinski definition) is 2. The number of carbonyl (C=O) groups is 2. The molecule has 0 bridgehead atoms. The zero-order valence-electron chi connectivity index (χ0n) is 13.6. The fourth-order valence-electron chi connectivity index (χ4n) is 2.27. The van der Waals surface area contributed by atoms with Gasteiger partial charge in [0, 0.05) is 16.1 Å². The summed E-state index contributed by atoms with van der Waals surface area (Å²) in [6, 6.07) is 14.3. The van der Waals surface area contributed by atoms with Crippen LogP contribution in [0.5, 0.6) is 0 Å². The topological polar surface area (TPSA) is 91.9 Å². The van der Waals surface area contributed by atoms with Gasteiger partial charge in [0.25, 0.3) is 5.91 Å². The minimum absolute atomic E-state index is 0.0189. The van der Waals surface area contributed by atoms with Crippen molar-refractivity contribution in [2.45, 2.75) is 0 Å². The molecule has 1 aromatic heterocycles. The molecule has 8 heteroatoms. The predicted molar refractivity (Wildman–Crippen MR) is 103 cm³/mol. The lowest BCUT2D eigenvalue weighted by molar-refractivity contribution is 0.0697. The van der Waals surface area contributed by atoms with Gasteiger partial charge in [0.2, 0.25) is 0 Å². The van der Waals surface area contributed by atoms with Crippen LogP contribution in [0, 0.1) is 0 Å². The summed E-state index contributed by atoms with van der Waals surface area (Å²) < 4.78 is 5.59. The summed E-state index contributed by atoms with van der Waals surface area (Å²) >= 11 is 11.7. The quantitative estimate of drug-likeness (QED) is 0.477. The molecule has 3 rings (SSSR count). The molecule has 2 N–H and O–H groups in total. The van der Waals surface area contributed by atoms with Gasteiger partial charge in [-0.3, -0.25) is 4.79 Å². The van der Waals surface area contributed by atoms with E-state index in [-0.39, 0.29) is 10.6 Å². The first kappa shape index (κ1) is 18.7. The summed E-state index contributed by atoms with van der Waals surface area (Å²) in [5.74, 6) is -0.719. The number of rotatable bonds is 5. The van der Waals surface area contributed by atoms with Gasteiger partial charge in [-0.15, -0.1) is 0 Å². The van der Waals surface area contributed by atoms with Gasteiger partial charge in [-0.2, -0.15) is 5.10 Å². The summed E-state index contributed by atoms with van der Waals surface area (Å²) in [6.07, 6.45) is 1.33. The molecule has 0 aliphatic rings. The molecular weight excluding hydrogens is 391 g/mol. The van der Waals surface area contributed by atoms with E-state index in [1.807, 2.05) is 0 Å². The van der Waals surface area contributed by atoms with E-state index in [0.717, 1.165) is 0 Å². The fraction of sp³-hybridized carbons (Fsp3) is 0. The molecule has 0 radical (unpaired) electrons. The van der Waals surface area contributed by atoms with E-state index in [2.05, 4.69) is 10.5 Å². The molecule has 0 aliphatic carbocycles. The highest BCUT2D eigenvalue weighted by Crippen LogP contribution is 2.26. The Morgan fingerprint density at radius 2 is 1.89 bits per heavy atom. The van der Waals surface area contributed by atoms with Crippen LogP contribution in [0.3, 0.4) is 0 Å². The SMILES string of the molecule is O=C(N/N=C\c1ccc(-c2ccc(Cl)c(C(=O)O)c2)o1)c1cccc(Cl)c1. The minimum atomic E-state index is -1.13. The van der Waals surface area contributed by atoms with Crippen LogP contribution in [-0.4, -0.2) is 23.2 Å². The third-order valence-electron chi connectivity index (χ3n) is 3.55. The zero-order chi connectivity index (χ0) is 19.4. The van der Waals surface area contributed by atoms with E-state index >= 15 is 0 Å². The van der Waals surface area contributed by atoms with Crippen LogP contribution >= 0.6 is 23.2 Å². The van der Waals surface area contributed by atoms with Crippen molar-refractivity contribution in [3.05, 3.63) is 81.5 Å². The Hall–Kier alpha value is -3.09. The first-order valence-electron chi connectivity index (χ1n) is 7.66. The summed E-state index contributed by atoms with van der Waals surface area (Å²) in [4.78, 5) is 23.1. The Bertz CT molecular complexity index is 1040. The number of hydrogen-bond acceptors (Lipinski definition) is 4. The molecule has 0 saturated heterocycles. The standard InChI is InChI=1S/C19H12Cl2N2O4/c20-13-3-1-2-12(8-13)18(24)23-22-10-14-5-7-17(27-14)11-4-6-16(21)15(9-11)19(25)26/h1-10H,(H,23,24)(H,25,26)/b22-10-. The van der Waals surface area contributed by atoms with Crippen LogP contribution in [0.25, 0.3) is 11.3 Å². The first-order chi connectivity index (χ1) is 12.9. The number of amides is 1. The van der Waals surface area contributed by atoms with Crippen molar-refractivity contribution in [3.63, 3.8) is 0 Å². The van der Waals surface area contributed by atoms with Gasteiger partial charge in [0.1, 0.15) is 11.5 Å². The maximum absolute atomic E-state index is 12.0. The molecule has 3 aromatic rings. The lowest BCUT2D eigenvalue weighted by Crippen LogP contribution is -2.17. The monoisotopic (exact) mass is 402 g/mol. The molecule has 0 unspecified atom stereocenters. The van der Waals surface area contributed by atoms with Gasteiger partial charge in [0.05, 0.1) is 16.8 Å². The summed E-state index contributed by atoms with van der Waals surface area (Å²) in [6.45, 7) is 0. The molecule has 0 spiro atoms. The highest BCUT2D eigenvalue weighted by molar-refractivity contribution is 6.33. The number of nitrogens with one attached hydrogen (secondary N) is 1. The second-order valence-electron chi connectivity index (χ2n) is 5.41. The third-order valence-corrected chi connectivity index (χ3v) is 4.12. The Balaban J connectivity index is 1.71. The molecule has 0 atom stereocenters. The largest absolute Gasteiger partial charge is 0.478 e. The Labute approximate surface area is 164 Å². The molecule has 0 fully saturated rings. The Kier molecular flexibility index (Phi) is 5.59. The van der Waals surface area contributed by atoms with Crippen molar-refractivity contribution in [3.8, 4) is 11.3 Å². The predicted octanol–water partition coefficient (Wildman–Crippen LogP) is 4.72. The van der Waals surface area contributed by atoms with E-state index in [9.17, 15) is 9.59 Å². The highest BCUT2D eigenvalue weighted by Gasteiger charge is 2.12. The van der Waals surface area contributed by atoms with Gasteiger partial charge in [-0.25, -0.2) is 10.2 Å². The van der Waals surface area contributed by atoms with Crippen molar-refractivity contribution in [2.75, 3.05) is 0 Å². The molecule has 1 heterocycles. The molecule has 6 nitrogen and oxygen atoms in total. The first-order valence-corrected chi connectivity index (χ1v) is 8.41. The number of hydrazone groups is 1. The number of carbonyl (C=O) groups excluding carboxylic acids is 1. The van der Waals surface area contributed by atoms with Crippen LogP contribution in [-0.2, 0) is 0 Å². The summed E-state index contributed by atoms with van der Waals surface area (Å²) in [5.41, 5.74) is 3.28. The van der Waals surface area contributed by atoms with E-state index in [1.54, 1.807) is 36.4 Å². The van der Waals surface area contributed by atoms with Crippen LogP contribution < -0.4 is 5.43 Å². The van der Waals surface area contributed by atoms with Crippen molar-refractivity contribution in [1.82, 2.24) is 5.43 Å². The lowest BCUT2D eigenvalue weighted by atomic mass is 10.1. The van der Waals surface area contributed by atoms with Gasteiger partial charge >= 0.3 is 5.97 Å². The smallest absolute Gasteiger partial charge is 0.337 e. The summed E-state index contributed by atoms with van der Waals surface area (Å²) in [7, 11) is 0. The number of carboxylic acid groups (broad SMARTS) is 1. The Morgan fingerprint density at radius 1 is 1.07 bits per heavy atom. The maximum atomic E-state index is 12.0. The van der Waals surface area contributed by atoms with Gasteiger partial charge < -0.3 is 9.52 Å². The number of benzene rings is 2. The highest BCUT2D eigenvalue weighted by atomic mass is 35.5. The van der Waals surface area contributed by atoms with Gasteiger partial charge in [-0.1, -0.05) is 29.3 Å².